The Labute approximate surface area is 121 Å². The van der Waals surface area contributed by atoms with E-state index in [1.807, 2.05) is 41.8 Å². The zero-order chi connectivity index (χ0) is 13.7. The molecular formula is C14H15ClN2OS. The molecular weight excluding hydrogens is 280 g/mol. The lowest BCUT2D eigenvalue weighted by Gasteiger charge is -2.10. The van der Waals surface area contributed by atoms with Crippen molar-refractivity contribution in [1.82, 2.24) is 5.32 Å². The quantitative estimate of drug-likeness (QED) is 0.891. The van der Waals surface area contributed by atoms with E-state index >= 15 is 0 Å². The van der Waals surface area contributed by atoms with Crippen LogP contribution in [0, 0.1) is 0 Å². The molecule has 19 heavy (non-hydrogen) atoms. The molecule has 1 aromatic heterocycles. The van der Waals surface area contributed by atoms with Crippen LogP contribution in [0.3, 0.4) is 0 Å². The summed E-state index contributed by atoms with van der Waals surface area (Å²) in [5.41, 5.74) is 6.96. The molecule has 1 unspecified atom stereocenters. The van der Waals surface area contributed by atoms with Crippen molar-refractivity contribution >= 4 is 28.8 Å². The van der Waals surface area contributed by atoms with Crippen molar-refractivity contribution in [2.45, 2.75) is 12.5 Å². The fraction of sp³-hybridized carbons (Fsp3) is 0.214. The molecule has 0 bridgehead atoms. The van der Waals surface area contributed by atoms with Gasteiger partial charge in [-0.05, 0) is 35.6 Å². The van der Waals surface area contributed by atoms with E-state index in [1.54, 1.807) is 0 Å². The predicted octanol–water partition coefficient (Wildman–Crippen LogP) is 2.76. The van der Waals surface area contributed by atoms with Crippen molar-refractivity contribution < 1.29 is 4.79 Å². The van der Waals surface area contributed by atoms with Gasteiger partial charge in [-0.2, -0.15) is 0 Å². The Morgan fingerprint density at radius 1 is 1.37 bits per heavy atom. The summed E-state index contributed by atoms with van der Waals surface area (Å²) in [5.74, 6) is -0.149. The van der Waals surface area contributed by atoms with Crippen molar-refractivity contribution in [3.05, 3.63) is 57.2 Å². The molecule has 3 N–H and O–H groups in total. The van der Waals surface area contributed by atoms with Gasteiger partial charge in [-0.3, -0.25) is 4.79 Å². The molecule has 2 aromatic rings. The fourth-order valence-electron chi connectivity index (χ4n) is 1.73. The van der Waals surface area contributed by atoms with E-state index in [4.69, 9.17) is 17.3 Å². The van der Waals surface area contributed by atoms with E-state index in [0.29, 0.717) is 11.6 Å². The van der Waals surface area contributed by atoms with Crippen LogP contribution in [0.1, 0.15) is 16.5 Å². The van der Waals surface area contributed by atoms with E-state index in [9.17, 15) is 4.79 Å². The van der Waals surface area contributed by atoms with Crippen molar-refractivity contribution in [3.8, 4) is 0 Å². The lowest BCUT2D eigenvalue weighted by molar-refractivity contribution is -0.122. The molecule has 3 nitrogen and oxygen atoms in total. The van der Waals surface area contributed by atoms with Gasteiger partial charge >= 0.3 is 0 Å². The maximum Gasteiger partial charge on any atom is 0.242 e. The first-order chi connectivity index (χ1) is 9.16. The Balaban J connectivity index is 1.81. The average Bonchev–Trinajstić information content (AvgIpc) is 2.91. The monoisotopic (exact) mass is 294 g/mol. The van der Waals surface area contributed by atoms with E-state index < -0.39 is 6.04 Å². The highest BCUT2D eigenvalue weighted by Crippen LogP contribution is 2.16. The minimum absolute atomic E-state index is 0.149. The summed E-state index contributed by atoms with van der Waals surface area (Å²) >= 11 is 7.39. The molecule has 5 heteroatoms. The summed E-state index contributed by atoms with van der Waals surface area (Å²) < 4.78 is 0. The van der Waals surface area contributed by atoms with E-state index in [-0.39, 0.29) is 5.91 Å². The Hall–Kier alpha value is -1.36. The van der Waals surface area contributed by atoms with Gasteiger partial charge in [0.1, 0.15) is 6.04 Å². The van der Waals surface area contributed by atoms with Crippen LogP contribution in [0.4, 0.5) is 0 Å². The van der Waals surface area contributed by atoms with Crippen LogP contribution in [0.25, 0.3) is 0 Å². The van der Waals surface area contributed by atoms with E-state index in [1.165, 1.54) is 11.3 Å². The average molecular weight is 295 g/mol. The number of hydrogen-bond acceptors (Lipinski definition) is 3. The molecule has 0 aliphatic heterocycles. The van der Waals surface area contributed by atoms with Crippen LogP contribution < -0.4 is 11.1 Å². The zero-order valence-electron chi connectivity index (χ0n) is 10.3. The normalized spacial score (nSPS) is 12.1. The Bertz CT molecular complexity index is 542. The highest BCUT2D eigenvalue weighted by molar-refractivity contribution is 7.10. The number of nitrogens with one attached hydrogen (secondary N) is 1. The number of halogens is 1. The number of thiophene rings is 1. The number of benzene rings is 1. The fourth-order valence-corrected chi connectivity index (χ4v) is 2.67. The standard InChI is InChI=1S/C14H15ClN2OS/c15-11-4-1-3-10(9-11)6-7-17-14(18)13(16)12-5-2-8-19-12/h1-5,8-9,13H,6-7,16H2,(H,17,18). The third kappa shape index (κ3) is 4.06. The minimum atomic E-state index is -0.584. The Morgan fingerprint density at radius 2 is 2.21 bits per heavy atom. The van der Waals surface area contributed by atoms with Gasteiger partial charge in [-0.15, -0.1) is 11.3 Å². The SMILES string of the molecule is NC(C(=O)NCCc1cccc(Cl)c1)c1cccs1. The molecule has 1 atom stereocenters. The molecule has 0 spiro atoms. The summed E-state index contributed by atoms with van der Waals surface area (Å²) in [5, 5.41) is 5.46. The molecule has 0 saturated heterocycles. The number of carbonyl (C=O) groups excluding carboxylic acids is 1. The van der Waals surface area contributed by atoms with E-state index in [0.717, 1.165) is 16.9 Å². The molecule has 100 valence electrons. The van der Waals surface area contributed by atoms with Crippen molar-refractivity contribution in [2.24, 2.45) is 5.73 Å². The van der Waals surface area contributed by atoms with Crippen LogP contribution in [-0.4, -0.2) is 12.5 Å². The van der Waals surface area contributed by atoms with Gasteiger partial charge in [-0.1, -0.05) is 29.8 Å². The van der Waals surface area contributed by atoms with Gasteiger partial charge < -0.3 is 11.1 Å². The number of rotatable bonds is 5. The Morgan fingerprint density at radius 3 is 2.89 bits per heavy atom. The largest absolute Gasteiger partial charge is 0.354 e. The number of amides is 1. The summed E-state index contributed by atoms with van der Waals surface area (Å²) in [6, 6.07) is 10.8. The molecule has 1 heterocycles. The summed E-state index contributed by atoms with van der Waals surface area (Å²) in [6.07, 6.45) is 0.740. The van der Waals surface area contributed by atoms with Crippen LogP contribution >= 0.6 is 22.9 Å². The minimum Gasteiger partial charge on any atom is -0.354 e. The van der Waals surface area contributed by atoms with Gasteiger partial charge in [0.2, 0.25) is 5.91 Å². The Kier molecular flexibility index (Phi) is 4.96. The predicted molar refractivity (Wildman–Crippen MR) is 79.4 cm³/mol. The maximum absolute atomic E-state index is 11.8. The van der Waals surface area contributed by atoms with Gasteiger partial charge in [0.05, 0.1) is 0 Å². The third-order valence-corrected chi connectivity index (χ3v) is 3.92. The maximum atomic E-state index is 11.8. The number of hydrogen-bond donors (Lipinski definition) is 2. The van der Waals surface area contributed by atoms with Gasteiger partial charge in [0, 0.05) is 16.4 Å². The lowest BCUT2D eigenvalue weighted by Crippen LogP contribution is -2.34. The van der Waals surface area contributed by atoms with Crippen molar-refractivity contribution in [2.75, 3.05) is 6.54 Å². The second kappa shape index (κ2) is 6.70. The van der Waals surface area contributed by atoms with Crippen molar-refractivity contribution in [3.63, 3.8) is 0 Å². The van der Waals surface area contributed by atoms with Crippen LogP contribution in [0.2, 0.25) is 5.02 Å². The lowest BCUT2D eigenvalue weighted by atomic mass is 10.1. The molecule has 0 radical (unpaired) electrons. The smallest absolute Gasteiger partial charge is 0.242 e. The number of carbonyl (C=O) groups is 1. The third-order valence-electron chi connectivity index (χ3n) is 2.73. The molecule has 0 aliphatic rings. The zero-order valence-corrected chi connectivity index (χ0v) is 11.9. The number of nitrogens with two attached hydrogens (primary N) is 1. The van der Waals surface area contributed by atoms with E-state index in [2.05, 4.69) is 5.32 Å². The van der Waals surface area contributed by atoms with Gasteiger partial charge in [0.15, 0.2) is 0 Å². The molecule has 1 aromatic carbocycles. The van der Waals surface area contributed by atoms with Crippen LogP contribution in [0.5, 0.6) is 0 Å². The second-order valence-corrected chi connectivity index (χ2v) is 5.58. The van der Waals surface area contributed by atoms with Crippen LogP contribution in [-0.2, 0) is 11.2 Å². The molecule has 0 fully saturated rings. The first-order valence-electron chi connectivity index (χ1n) is 5.98. The first kappa shape index (κ1) is 14.1. The second-order valence-electron chi connectivity index (χ2n) is 4.16. The summed E-state index contributed by atoms with van der Waals surface area (Å²) in [4.78, 5) is 12.7. The molecule has 1 amide bonds. The first-order valence-corrected chi connectivity index (χ1v) is 7.24. The highest BCUT2D eigenvalue weighted by Gasteiger charge is 2.15. The van der Waals surface area contributed by atoms with Crippen molar-refractivity contribution in [1.29, 1.82) is 0 Å². The topological polar surface area (TPSA) is 55.1 Å². The summed E-state index contributed by atoms with van der Waals surface area (Å²) in [7, 11) is 0. The molecule has 2 rings (SSSR count). The highest BCUT2D eigenvalue weighted by atomic mass is 35.5. The summed E-state index contributed by atoms with van der Waals surface area (Å²) in [6.45, 7) is 0.554. The van der Waals surface area contributed by atoms with Gasteiger partial charge in [0.25, 0.3) is 0 Å². The molecule has 0 aliphatic carbocycles. The van der Waals surface area contributed by atoms with Gasteiger partial charge in [-0.25, -0.2) is 0 Å². The van der Waals surface area contributed by atoms with Crippen LogP contribution in [0.15, 0.2) is 41.8 Å². The molecule has 0 saturated carbocycles.